The SMILES string of the molecule is C12C34C56C7C89C1(C358)C91C23C71C436. The lowest BCUT2D eigenvalue weighted by Gasteiger charge is -2.86. The van der Waals surface area contributed by atoms with Crippen LogP contribution in [0, 0.1) is 60.6 Å². The minimum atomic E-state index is 1.22. The lowest BCUT2D eigenvalue weighted by molar-refractivity contribution is -0.419. The third kappa shape index (κ3) is 0.0253. The van der Waals surface area contributed by atoms with Crippen molar-refractivity contribution < 1.29 is 0 Å². The third-order valence-corrected chi connectivity index (χ3v) is 11.2. The maximum absolute atomic E-state index is 1.45. The van der Waals surface area contributed by atoms with Gasteiger partial charge in [-0.15, -0.1) is 0 Å². The molecule has 0 aliphatic heterocycles. The first kappa shape index (κ1) is 2.49. The maximum atomic E-state index is 1.45. The van der Waals surface area contributed by atoms with Crippen LogP contribution in [0.5, 0.6) is 0 Å². The van der Waals surface area contributed by atoms with Gasteiger partial charge in [0.15, 0.2) is 0 Å². The van der Waals surface area contributed by atoms with E-state index >= 15 is 0 Å². The van der Waals surface area contributed by atoms with E-state index in [1.165, 1.54) is 60.6 Å². The Balaban J connectivity index is 2.11. The van der Waals surface area contributed by atoms with Gasteiger partial charge in [-0.1, -0.05) is 0 Å². The predicted molar refractivity (Wildman–Crippen MR) is 28.9 cm³/mol. The third-order valence-electron chi connectivity index (χ3n) is 11.2. The Morgan fingerprint density at radius 3 is 0.909 bits per heavy atom. The van der Waals surface area contributed by atoms with Crippen molar-refractivity contribution in [3.63, 3.8) is 0 Å². The average molecular weight is 134 g/mol. The Kier molecular flexibility index (Phi) is 0.0510. The van der Waals surface area contributed by atoms with Gasteiger partial charge in [-0.05, 0) is 60.6 Å². The van der Waals surface area contributed by atoms with Gasteiger partial charge in [0, 0.05) is 0 Å². The highest BCUT2D eigenvalue weighted by molar-refractivity contribution is 6.29. The molecule has 46 valence electrons. The van der Waals surface area contributed by atoms with Crippen molar-refractivity contribution in [1.82, 2.24) is 0 Å². The molecule has 11 heavy (non-hydrogen) atoms. The summed E-state index contributed by atoms with van der Waals surface area (Å²) in [6.07, 6.45) is 0. The molecule has 12 rings (SSSR count). The molecule has 12 saturated carbocycles. The maximum Gasteiger partial charge on any atom is -0.00120 e. The fourth-order valence-corrected chi connectivity index (χ4v) is 14.3. The normalized spacial score (nSPS) is 177. The van der Waals surface area contributed by atoms with Crippen LogP contribution in [0.1, 0.15) is 0 Å². The summed E-state index contributed by atoms with van der Waals surface area (Å²) in [6, 6.07) is 0. The zero-order valence-electron chi connectivity index (χ0n) is 5.65. The monoisotopic (exact) mass is 134 g/mol. The molecule has 0 saturated heterocycles. The summed E-state index contributed by atoms with van der Waals surface area (Å²) in [5.74, 6) is 2.90. The highest BCUT2D eigenvalue weighted by Crippen LogP contribution is 3.86. The first-order valence-electron chi connectivity index (χ1n) is 5.48. The quantitative estimate of drug-likeness (QED) is 0.445. The van der Waals surface area contributed by atoms with Gasteiger partial charge in [-0.25, -0.2) is 0 Å². The summed E-state index contributed by atoms with van der Waals surface area (Å²) in [5.41, 5.74) is 11.0. The van der Waals surface area contributed by atoms with Crippen LogP contribution in [0.2, 0.25) is 0 Å². The molecule has 0 heterocycles. The highest BCUT2D eigenvalue weighted by Gasteiger charge is 3.86. The molecule has 12 aliphatic rings. The van der Waals surface area contributed by atoms with E-state index < -0.39 is 0 Å². The van der Waals surface area contributed by atoms with E-state index in [-0.39, 0.29) is 0 Å². The van der Waals surface area contributed by atoms with E-state index in [2.05, 4.69) is 0 Å². The average Bonchev–Trinajstić information content (AvgIpc) is 2.75. The fourth-order valence-electron chi connectivity index (χ4n) is 14.3. The number of hydrogen-bond donors (Lipinski definition) is 0. The molecule has 0 nitrogen and oxygen atoms in total. The second kappa shape index (κ2) is 0.225. The zero-order chi connectivity index (χ0) is 5.65. The van der Waals surface area contributed by atoms with Crippen molar-refractivity contribution in [1.29, 1.82) is 0 Å². The number of rotatable bonds is 0. The van der Waals surface area contributed by atoms with Crippen LogP contribution in [-0.2, 0) is 0 Å². The van der Waals surface area contributed by atoms with E-state index in [0.717, 1.165) is 0 Å². The largest absolute Gasteiger partial charge is 0.0191 e. The van der Waals surface area contributed by atoms with Crippen LogP contribution < -0.4 is 0 Å². The molecule has 0 unspecified atom stereocenters. The molecule has 12 aliphatic carbocycles. The Morgan fingerprint density at radius 1 is 0.455 bits per heavy atom. The summed E-state index contributed by atoms with van der Waals surface area (Å²) >= 11 is 0. The molecule has 0 bridgehead atoms. The summed E-state index contributed by atoms with van der Waals surface area (Å²) in [6.45, 7) is 0. The van der Waals surface area contributed by atoms with Gasteiger partial charge in [0.1, 0.15) is 0 Å². The van der Waals surface area contributed by atoms with Crippen molar-refractivity contribution in [2.24, 2.45) is 60.6 Å². The Hall–Kier alpha value is 0. The van der Waals surface area contributed by atoms with Gasteiger partial charge in [0.05, 0.1) is 0 Å². The fraction of sp³-hybridized carbons (Fsp3) is 1.00. The molecule has 0 N–H and O–H groups in total. The van der Waals surface area contributed by atoms with E-state index in [1.807, 2.05) is 0 Å². The zero-order valence-corrected chi connectivity index (χ0v) is 5.65. The molecule has 0 aromatic rings. The minimum absolute atomic E-state index is 1.22. The Bertz CT molecular complexity index is 501. The summed E-state index contributed by atoms with van der Waals surface area (Å²) in [5, 5.41) is 0. The first-order chi connectivity index (χ1) is 5.48. The lowest BCUT2D eigenvalue weighted by Crippen LogP contribution is -2.85. The Labute approximate surface area is 61.3 Å². The molecular formula is C11H2. The molecule has 0 aromatic carbocycles. The van der Waals surface area contributed by atoms with Crippen LogP contribution in [0.4, 0.5) is 0 Å². The van der Waals surface area contributed by atoms with Gasteiger partial charge in [0.25, 0.3) is 0 Å². The summed E-state index contributed by atoms with van der Waals surface area (Å²) in [7, 11) is 0. The molecule has 0 atom stereocenters. The molecule has 0 aromatic heterocycles. The second-order valence-electron chi connectivity index (χ2n) is 7.96. The molecule has 0 radical (unpaired) electrons. The van der Waals surface area contributed by atoms with Gasteiger partial charge < -0.3 is 0 Å². The van der Waals surface area contributed by atoms with Crippen LogP contribution >= 0.6 is 0 Å². The molecule has 12 fully saturated rings. The Morgan fingerprint density at radius 2 is 0.727 bits per heavy atom. The summed E-state index contributed by atoms with van der Waals surface area (Å²) in [4.78, 5) is 0. The van der Waals surface area contributed by atoms with Crippen LogP contribution in [0.3, 0.4) is 0 Å². The van der Waals surface area contributed by atoms with Crippen molar-refractivity contribution in [2.45, 2.75) is 0 Å². The van der Waals surface area contributed by atoms with Crippen molar-refractivity contribution in [3.8, 4) is 0 Å². The van der Waals surface area contributed by atoms with E-state index in [1.54, 1.807) is 0 Å². The molecular weight excluding hydrogens is 132 g/mol. The highest BCUT2D eigenvalue weighted by atomic mass is 15.9. The van der Waals surface area contributed by atoms with Gasteiger partial charge in [0.2, 0.25) is 0 Å². The van der Waals surface area contributed by atoms with Crippen LogP contribution in [-0.4, -0.2) is 0 Å². The number of hydrogen-bond acceptors (Lipinski definition) is 0. The van der Waals surface area contributed by atoms with E-state index in [9.17, 15) is 0 Å². The standard InChI is InChI=1S/C11H2/c1-3-6-2-7-4(1,9(3,6)7)11(7)5(1)8(2,11)10(3,5)6/h1-2H. The van der Waals surface area contributed by atoms with Crippen LogP contribution in [0.15, 0.2) is 0 Å². The lowest BCUT2D eigenvalue weighted by atomic mass is 9.16. The molecule has 0 heteroatoms. The topological polar surface area (TPSA) is 0 Å². The minimum Gasteiger partial charge on any atom is -0.0191 e. The van der Waals surface area contributed by atoms with Gasteiger partial charge in [-0.2, -0.15) is 0 Å². The van der Waals surface area contributed by atoms with Crippen molar-refractivity contribution in [3.05, 3.63) is 0 Å². The predicted octanol–water partition coefficient (Wildman–Crippen LogP) is 0.246. The molecule has 0 amide bonds. The van der Waals surface area contributed by atoms with Crippen molar-refractivity contribution in [2.75, 3.05) is 0 Å². The van der Waals surface area contributed by atoms with Gasteiger partial charge >= 0.3 is 0 Å². The van der Waals surface area contributed by atoms with Crippen LogP contribution in [0.25, 0.3) is 0 Å². The van der Waals surface area contributed by atoms with Gasteiger partial charge in [-0.3, -0.25) is 0 Å². The van der Waals surface area contributed by atoms with E-state index in [4.69, 9.17) is 0 Å². The summed E-state index contributed by atoms with van der Waals surface area (Å²) < 4.78 is 0. The smallest absolute Gasteiger partial charge is 0.00120 e. The molecule has 9 spiro atoms. The first-order valence-corrected chi connectivity index (χ1v) is 5.48. The van der Waals surface area contributed by atoms with Crippen molar-refractivity contribution >= 4 is 0 Å². The second-order valence-corrected chi connectivity index (χ2v) is 7.96. The van der Waals surface area contributed by atoms with E-state index in [0.29, 0.717) is 0 Å².